The predicted octanol–water partition coefficient (Wildman–Crippen LogP) is 28.1. The molecular formula is C72H147O3P. The van der Waals surface area contributed by atoms with Crippen LogP contribution in [0.5, 0.6) is 0 Å². The second kappa shape index (κ2) is 73.3. The third kappa shape index (κ3) is 70.4. The highest BCUT2D eigenvalue weighted by molar-refractivity contribution is 7.41. The fourth-order valence-corrected chi connectivity index (χ4v) is 12.7. The van der Waals surface area contributed by atoms with E-state index in [2.05, 4.69) is 20.8 Å². The van der Waals surface area contributed by atoms with Crippen molar-refractivity contribution in [2.45, 2.75) is 445 Å². The highest BCUT2D eigenvalue weighted by atomic mass is 31.2. The van der Waals surface area contributed by atoms with Crippen molar-refractivity contribution in [2.75, 3.05) is 19.8 Å². The summed E-state index contributed by atoms with van der Waals surface area (Å²) in [5.41, 5.74) is 0. The molecule has 0 aliphatic carbocycles. The number of rotatable bonds is 72. The fraction of sp³-hybridized carbons (Fsp3) is 1.00. The van der Waals surface area contributed by atoms with Crippen molar-refractivity contribution in [1.29, 1.82) is 0 Å². The first-order chi connectivity index (χ1) is 37.8. The van der Waals surface area contributed by atoms with Gasteiger partial charge in [-0.3, -0.25) is 0 Å². The van der Waals surface area contributed by atoms with E-state index in [4.69, 9.17) is 13.6 Å². The molecule has 4 heteroatoms. The minimum atomic E-state index is -1.20. The van der Waals surface area contributed by atoms with Crippen LogP contribution >= 0.6 is 8.60 Å². The Morgan fingerprint density at radius 3 is 0.329 bits per heavy atom. The lowest BCUT2D eigenvalue weighted by atomic mass is 10.0. The van der Waals surface area contributed by atoms with E-state index in [0.717, 1.165) is 39.1 Å². The molecule has 0 saturated carbocycles. The zero-order chi connectivity index (χ0) is 54.5. The maximum Gasteiger partial charge on any atom is 0.332 e. The highest BCUT2D eigenvalue weighted by Gasteiger charge is 2.13. The summed E-state index contributed by atoms with van der Waals surface area (Å²) in [7, 11) is -1.20. The molecule has 0 aromatic rings. The van der Waals surface area contributed by atoms with Crippen molar-refractivity contribution in [1.82, 2.24) is 0 Å². The van der Waals surface area contributed by atoms with Crippen LogP contribution in [0.4, 0.5) is 0 Å². The molecule has 0 unspecified atom stereocenters. The summed E-state index contributed by atoms with van der Waals surface area (Å²) < 4.78 is 18.9. The molecule has 0 fully saturated rings. The van der Waals surface area contributed by atoms with E-state index < -0.39 is 8.60 Å². The molecule has 3 nitrogen and oxygen atoms in total. The smallest absolute Gasteiger partial charge is 0.312 e. The summed E-state index contributed by atoms with van der Waals surface area (Å²) in [5, 5.41) is 0. The van der Waals surface area contributed by atoms with Crippen LogP contribution in [-0.2, 0) is 13.6 Å². The molecule has 0 aromatic carbocycles. The first-order valence-corrected chi connectivity index (χ1v) is 37.6. The van der Waals surface area contributed by atoms with E-state index in [1.807, 2.05) is 0 Å². The van der Waals surface area contributed by atoms with Gasteiger partial charge in [0.2, 0.25) is 0 Å². The second-order valence-corrected chi connectivity index (χ2v) is 26.2. The maximum absolute atomic E-state index is 6.31. The molecule has 0 atom stereocenters. The third-order valence-electron chi connectivity index (χ3n) is 17.1. The van der Waals surface area contributed by atoms with Crippen molar-refractivity contribution in [2.24, 2.45) is 0 Å². The molecule has 76 heavy (non-hydrogen) atoms. The normalized spacial score (nSPS) is 11.8. The summed E-state index contributed by atoms with van der Waals surface area (Å²) >= 11 is 0. The van der Waals surface area contributed by atoms with E-state index in [0.29, 0.717) is 0 Å². The second-order valence-electron chi connectivity index (χ2n) is 25.0. The predicted molar refractivity (Wildman–Crippen MR) is 347 cm³/mol. The summed E-state index contributed by atoms with van der Waals surface area (Å²) in [5.74, 6) is 0. The third-order valence-corrected chi connectivity index (χ3v) is 18.3. The molecule has 0 bridgehead atoms. The van der Waals surface area contributed by atoms with Crippen molar-refractivity contribution in [3.63, 3.8) is 0 Å². The SMILES string of the molecule is CCCCCCCCCCCCCCCCCCCCCCCCOP(OCCCCCCCCCCCCCCCCCCCCCCCC)OCCCCCCCCCCCCCCCCCCCCCCCC. The van der Waals surface area contributed by atoms with Gasteiger partial charge in [0, 0.05) is 0 Å². The number of hydrogen-bond donors (Lipinski definition) is 0. The van der Waals surface area contributed by atoms with Gasteiger partial charge in [0.15, 0.2) is 0 Å². The Hall–Kier alpha value is 0.310. The standard InChI is InChI=1S/C72H147O3P/c1-4-7-10-13-16-19-22-25-28-31-34-37-40-43-46-49-52-55-58-61-64-67-70-73-76(74-71-68-65-62-59-56-53-50-47-44-41-38-35-32-29-26-23-20-17-14-11-8-5-2)75-72-69-66-63-60-57-54-51-48-45-42-39-36-33-30-27-24-21-18-15-12-9-6-3/h4-72H2,1-3H3. The van der Waals surface area contributed by atoms with E-state index in [1.54, 1.807) is 0 Å². The lowest BCUT2D eigenvalue weighted by molar-refractivity contribution is 0.153. The molecule has 0 radical (unpaired) electrons. The Bertz CT molecular complexity index is 841. The van der Waals surface area contributed by atoms with E-state index in [1.165, 1.54) is 405 Å². The highest BCUT2D eigenvalue weighted by Crippen LogP contribution is 2.40. The zero-order valence-electron chi connectivity index (χ0n) is 53.5. The Morgan fingerprint density at radius 2 is 0.224 bits per heavy atom. The first kappa shape index (κ1) is 76.3. The maximum atomic E-state index is 6.31. The molecule has 0 saturated heterocycles. The molecule has 0 aliphatic rings. The summed E-state index contributed by atoms with van der Waals surface area (Å²) in [6, 6.07) is 0. The fourth-order valence-electron chi connectivity index (χ4n) is 11.7. The molecule has 0 aliphatic heterocycles. The summed E-state index contributed by atoms with van der Waals surface area (Å²) in [6.07, 6.45) is 94.0. The minimum absolute atomic E-state index is 0.795. The molecule has 0 spiro atoms. The molecule has 0 heterocycles. The van der Waals surface area contributed by atoms with E-state index in [-0.39, 0.29) is 0 Å². The first-order valence-electron chi connectivity index (χ1n) is 36.5. The van der Waals surface area contributed by atoms with E-state index in [9.17, 15) is 0 Å². The molecule has 0 N–H and O–H groups in total. The van der Waals surface area contributed by atoms with Gasteiger partial charge in [-0.25, -0.2) is 0 Å². The Balaban J connectivity index is 3.99. The van der Waals surface area contributed by atoms with Crippen LogP contribution in [0.3, 0.4) is 0 Å². The van der Waals surface area contributed by atoms with Gasteiger partial charge < -0.3 is 13.6 Å². The van der Waals surface area contributed by atoms with Gasteiger partial charge in [-0.1, -0.05) is 425 Å². The molecule has 458 valence electrons. The van der Waals surface area contributed by atoms with Crippen molar-refractivity contribution in [3.8, 4) is 0 Å². The van der Waals surface area contributed by atoms with Crippen molar-refractivity contribution < 1.29 is 13.6 Å². The Labute approximate surface area is 484 Å². The molecule has 0 amide bonds. The van der Waals surface area contributed by atoms with Crippen LogP contribution in [-0.4, -0.2) is 19.8 Å². The van der Waals surface area contributed by atoms with Crippen molar-refractivity contribution in [3.05, 3.63) is 0 Å². The minimum Gasteiger partial charge on any atom is -0.312 e. The van der Waals surface area contributed by atoms with Crippen LogP contribution in [0.1, 0.15) is 445 Å². The quantitative estimate of drug-likeness (QED) is 0.0449. The van der Waals surface area contributed by atoms with Crippen LogP contribution in [0.2, 0.25) is 0 Å². The zero-order valence-corrected chi connectivity index (χ0v) is 54.4. The van der Waals surface area contributed by atoms with Crippen LogP contribution in [0, 0.1) is 0 Å². The van der Waals surface area contributed by atoms with E-state index >= 15 is 0 Å². The monoisotopic (exact) mass is 1090 g/mol. The summed E-state index contributed by atoms with van der Waals surface area (Å²) in [4.78, 5) is 0. The molecular weight excluding hydrogens is 944 g/mol. The lowest BCUT2D eigenvalue weighted by Gasteiger charge is -2.17. The van der Waals surface area contributed by atoms with Crippen LogP contribution in [0.15, 0.2) is 0 Å². The lowest BCUT2D eigenvalue weighted by Crippen LogP contribution is -2.00. The number of unbranched alkanes of at least 4 members (excludes halogenated alkanes) is 63. The molecule has 0 rings (SSSR count). The molecule has 0 aromatic heterocycles. The van der Waals surface area contributed by atoms with Gasteiger partial charge in [0.05, 0.1) is 19.8 Å². The average Bonchev–Trinajstić information content (AvgIpc) is 3.43. The number of hydrogen-bond acceptors (Lipinski definition) is 3. The van der Waals surface area contributed by atoms with Gasteiger partial charge in [-0.05, 0) is 19.3 Å². The van der Waals surface area contributed by atoms with Crippen molar-refractivity contribution >= 4 is 8.60 Å². The van der Waals surface area contributed by atoms with Gasteiger partial charge >= 0.3 is 8.60 Å². The van der Waals surface area contributed by atoms with Gasteiger partial charge in [-0.2, -0.15) is 0 Å². The van der Waals surface area contributed by atoms with Crippen LogP contribution in [0.25, 0.3) is 0 Å². The topological polar surface area (TPSA) is 27.7 Å². The summed E-state index contributed by atoms with van der Waals surface area (Å²) in [6.45, 7) is 9.33. The van der Waals surface area contributed by atoms with Crippen LogP contribution < -0.4 is 0 Å². The Morgan fingerprint density at radius 1 is 0.132 bits per heavy atom. The van der Waals surface area contributed by atoms with Gasteiger partial charge in [0.25, 0.3) is 0 Å². The average molecular weight is 1090 g/mol. The largest absolute Gasteiger partial charge is 0.332 e. The Kier molecular flexibility index (Phi) is 73.6. The van der Waals surface area contributed by atoms with Gasteiger partial charge in [0.1, 0.15) is 0 Å². The van der Waals surface area contributed by atoms with Gasteiger partial charge in [-0.15, -0.1) is 0 Å².